The topological polar surface area (TPSA) is 83.6 Å². The molecule has 3 N–H and O–H groups in total. The summed E-state index contributed by atoms with van der Waals surface area (Å²) in [5.41, 5.74) is 4.95. The second-order valence-electron chi connectivity index (χ2n) is 3.69. The third-order valence-corrected chi connectivity index (χ3v) is 3.96. The number of carboxylic acid groups (broad SMARTS) is 1. The van der Waals surface area contributed by atoms with E-state index >= 15 is 0 Å². The summed E-state index contributed by atoms with van der Waals surface area (Å²) in [6.07, 6.45) is 4.89. The van der Waals surface area contributed by atoms with Gasteiger partial charge in [-0.1, -0.05) is 12.2 Å². The lowest BCUT2D eigenvalue weighted by Crippen LogP contribution is -2.76. The first kappa shape index (κ1) is 14.1. The van der Waals surface area contributed by atoms with Crippen LogP contribution < -0.4 is 5.73 Å². The van der Waals surface area contributed by atoms with Gasteiger partial charge in [-0.3, -0.25) is 9.69 Å². The van der Waals surface area contributed by atoms with Crippen molar-refractivity contribution in [3.63, 3.8) is 0 Å². The molecule has 2 atom stereocenters. The fourth-order valence-electron chi connectivity index (χ4n) is 1.95. The van der Waals surface area contributed by atoms with Crippen molar-refractivity contribution in [3.8, 4) is 0 Å². The number of fused-ring (bicyclic) bond motifs is 1. The number of hydrogen-bond acceptors (Lipinski definition) is 4. The number of thioether (sulfide) groups is 1. The maximum absolute atomic E-state index is 11.9. The maximum atomic E-state index is 11.9. The highest BCUT2D eigenvalue weighted by atomic mass is 35.5. The lowest BCUT2D eigenvalue weighted by atomic mass is 9.87. The average molecular weight is 277 g/mol. The van der Waals surface area contributed by atoms with E-state index < -0.39 is 11.5 Å². The zero-order valence-electron chi connectivity index (χ0n) is 9.12. The molecule has 0 aromatic carbocycles. The van der Waals surface area contributed by atoms with Gasteiger partial charge in [0.05, 0.1) is 0 Å². The van der Waals surface area contributed by atoms with Gasteiger partial charge in [0, 0.05) is 5.75 Å². The molecule has 2 aliphatic rings. The van der Waals surface area contributed by atoms with Crippen LogP contribution in [0.15, 0.2) is 23.9 Å². The van der Waals surface area contributed by atoms with Crippen molar-refractivity contribution < 1.29 is 14.7 Å². The molecular weight excluding hydrogens is 264 g/mol. The standard InChI is InChI=1S/C10H12N2O3S.ClH/c1-2-4-10(11)8(15)12-6(7(13)14)3-5-16-9(10)12;/h2-4,9H,5,11H2,1H3,(H,13,14);1H/b4-2+;/t9-,10?;/m0./s1. The molecule has 0 bridgehead atoms. The summed E-state index contributed by atoms with van der Waals surface area (Å²) < 4.78 is 0. The van der Waals surface area contributed by atoms with Crippen molar-refractivity contribution in [2.75, 3.05) is 5.75 Å². The molecule has 5 nitrogen and oxygen atoms in total. The lowest BCUT2D eigenvalue weighted by molar-refractivity contribution is -0.151. The number of β-lactam (4-membered cyclic amide) rings is 1. The SMILES string of the molecule is C/C=C/C1(N)C(=O)N2C(C(=O)O)=CCS[C@H]21.Cl. The van der Waals surface area contributed by atoms with Gasteiger partial charge in [-0.25, -0.2) is 4.79 Å². The Morgan fingerprint density at radius 3 is 2.94 bits per heavy atom. The summed E-state index contributed by atoms with van der Waals surface area (Å²) >= 11 is 1.47. The van der Waals surface area contributed by atoms with Crippen molar-refractivity contribution in [1.29, 1.82) is 0 Å². The van der Waals surface area contributed by atoms with Crippen molar-refractivity contribution in [2.45, 2.75) is 17.8 Å². The van der Waals surface area contributed by atoms with Crippen molar-refractivity contribution in [3.05, 3.63) is 23.9 Å². The van der Waals surface area contributed by atoms with E-state index in [4.69, 9.17) is 10.8 Å². The Kier molecular flexibility index (Phi) is 3.91. The monoisotopic (exact) mass is 276 g/mol. The van der Waals surface area contributed by atoms with Crippen LogP contribution in [-0.2, 0) is 9.59 Å². The number of nitrogens with two attached hydrogens (primary N) is 1. The summed E-state index contributed by atoms with van der Waals surface area (Å²) in [4.78, 5) is 24.0. The van der Waals surface area contributed by atoms with Crippen LogP contribution in [-0.4, -0.2) is 38.5 Å². The van der Waals surface area contributed by atoms with E-state index in [9.17, 15) is 9.59 Å². The van der Waals surface area contributed by atoms with E-state index in [2.05, 4.69) is 0 Å². The molecule has 7 heteroatoms. The highest BCUT2D eigenvalue weighted by Gasteiger charge is 2.60. The molecule has 2 rings (SSSR count). The summed E-state index contributed by atoms with van der Waals surface area (Å²) in [6, 6.07) is 0. The highest BCUT2D eigenvalue weighted by molar-refractivity contribution is 8.00. The molecule has 0 aromatic rings. The van der Waals surface area contributed by atoms with Gasteiger partial charge in [0.2, 0.25) is 0 Å². The van der Waals surface area contributed by atoms with Gasteiger partial charge in [-0.05, 0) is 13.0 Å². The first-order valence-electron chi connectivity index (χ1n) is 4.84. The number of allylic oxidation sites excluding steroid dienone is 1. The van der Waals surface area contributed by atoms with Gasteiger partial charge in [-0.2, -0.15) is 0 Å². The van der Waals surface area contributed by atoms with Crippen LogP contribution in [0.2, 0.25) is 0 Å². The zero-order valence-corrected chi connectivity index (χ0v) is 10.8. The van der Waals surface area contributed by atoms with Crippen LogP contribution in [0.3, 0.4) is 0 Å². The Morgan fingerprint density at radius 2 is 2.41 bits per heavy atom. The van der Waals surface area contributed by atoms with Gasteiger partial charge in [0.15, 0.2) is 0 Å². The molecule has 0 spiro atoms. The number of carbonyl (C=O) groups is 2. The minimum Gasteiger partial charge on any atom is -0.477 e. The van der Waals surface area contributed by atoms with Crippen molar-refractivity contribution in [1.82, 2.24) is 4.90 Å². The zero-order chi connectivity index (χ0) is 11.9. The molecular formula is C10H13ClN2O3S. The quantitative estimate of drug-likeness (QED) is 0.569. The molecule has 1 amide bonds. The van der Waals surface area contributed by atoms with E-state index in [-0.39, 0.29) is 29.4 Å². The second kappa shape index (κ2) is 4.72. The summed E-state index contributed by atoms with van der Waals surface area (Å²) in [6.45, 7) is 1.78. The van der Waals surface area contributed by atoms with Crippen molar-refractivity contribution in [2.24, 2.45) is 5.73 Å². The third kappa shape index (κ3) is 1.86. The molecule has 0 aromatic heterocycles. The van der Waals surface area contributed by atoms with Crippen LogP contribution in [0, 0.1) is 0 Å². The molecule has 2 aliphatic heterocycles. The third-order valence-electron chi connectivity index (χ3n) is 2.68. The summed E-state index contributed by atoms with van der Waals surface area (Å²) in [7, 11) is 0. The van der Waals surface area contributed by atoms with Gasteiger partial charge in [0.1, 0.15) is 16.6 Å². The second-order valence-corrected chi connectivity index (χ2v) is 4.80. The Hall–Kier alpha value is -0.980. The van der Waals surface area contributed by atoms with Crippen LogP contribution in [0.1, 0.15) is 6.92 Å². The number of hydrogen-bond donors (Lipinski definition) is 2. The number of aliphatic carboxylic acids is 1. The van der Waals surface area contributed by atoms with Crippen molar-refractivity contribution >= 4 is 36.0 Å². The molecule has 1 saturated heterocycles. The normalized spacial score (nSPS) is 31.4. The predicted octanol–water partition coefficient (Wildman–Crippen LogP) is 0.565. The maximum Gasteiger partial charge on any atom is 0.352 e. The van der Waals surface area contributed by atoms with E-state index in [1.165, 1.54) is 22.7 Å². The Morgan fingerprint density at radius 1 is 1.76 bits per heavy atom. The molecule has 0 aliphatic carbocycles. The van der Waals surface area contributed by atoms with Gasteiger partial charge >= 0.3 is 5.97 Å². The van der Waals surface area contributed by atoms with Crippen LogP contribution in [0.5, 0.6) is 0 Å². The Bertz CT molecular complexity index is 424. The highest BCUT2D eigenvalue weighted by Crippen LogP contribution is 2.43. The molecule has 0 radical (unpaired) electrons. The molecule has 1 fully saturated rings. The number of amides is 1. The predicted molar refractivity (Wildman–Crippen MR) is 67.8 cm³/mol. The van der Waals surface area contributed by atoms with Crippen LogP contribution in [0.25, 0.3) is 0 Å². The van der Waals surface area contributed by atoms with Crippen LogP contribution in [0.4, 0.5) is 0 Å². The minimum atomic E-state index is -1.08. The number of nitrogens with zero attached hydrogens (tertiary/aromatic N) is 1. The van der Waals surface area contributed by atoms with Gasteiger partial charge < -0.3 is 10.8 Å². The summed E-state index contributed by atoms with van der Waals surface area (Å²) in [5.74, 6) is -0.871. The van der Waals surface area contributed by atoms with E-state index in [1.807, 2.05) is 0 Å². The number of carbonyl (C=O) groups excluding carboxylic acids is 1. The first-order valence-corrected chi connectivity index (χ1v) is 5.88. The Labute approximate surface area is 109 Å². The summed E-state index contributed by atoms with van der Waals surface area (Å²) in [5, 5.41) is 8.65. The molecule has 94 valence electrons. The lowest BCUT2D eigenvalue weighted by Gasteiger charge is -2.53. The minimum absolute atomic E-state index is 0. The van der Waals surface area contributed by atoms with E-state index in [0.29, 0.717) is 5.75 Å². The van der Waals surface area contributed by atoms with E-state index in [0.717, 1.165) is 0 Å². The first-order chi connectivity index (χ1) is 7.52. The number of rotatable bonds is 2. The average Bonchev–Trinajstić information content (AvgIpc) is 2.27. The fraction of sp³-hybridized carbons (Fsp3) is 0.400. The molecule has 17 heavy (non-hydrogen) atoms. The number of halogens is 1. The van der Waals surface area contributed by atoms with E-state index in [1.54, 1.807) is 19.1 Å². The number of carboxylic acids is 1. The fourth-order valence-corrected chi connectivity index (χ4v) is 3.20. The Balaban J connectivity index is 0.00000144. The molecule has 1 unspecified atom stereocenters. The smallest absolute Gasteiger partial charge is 0.352 e. The van der Waals surface area contributed by atoms with Gasteiger partial charge in [-0.15, -0.1) is 24.2 Å². The largest absolute Gasteiger partial charge is 0.477 e. The van der Waals surface area contributed by atoms with Crippen LogP contribution >= 0.6 is 24.2 Å². The molecule has 0 saturated carbocycles. The van der Waals surface area contributed by atoms with Gasteiger partial charge in [0.25, 0.3) is 5.91 Å². The molecule has 2 heterocycles.